The Balaban J connectivity index is 1.86. The third-order valence-electron chi connectivity index (χ3n) is 3.06. The maximum Gasteiger partial charge on any atom is 0.242 e. The van der Waals surface area contributed by atoms with Crippen molar-refractivity contribution in [1.82, 2.24) is 0 Å². The van der Waals surface area contributed by atoms with Gasteiger partial charge in [-0.25, -0.2) is 0 Å². The van der Waals surface area contributed by atoms with E-state index in [9.17, 15) is 5.11 Å². The molecule has 3 rings (SSSR count). The molecule has 2 aliphatic heterocycles. The van der Waals surface area contributed by atoms with E-state index in [0.717, 1.165) is 5.56 Å². The van der Waals surface area contributed by atoms with Crippen molar-refractivity contribution in [2.45, 2.75) is 11.9 Å². The highest BCUT2D eigenvalue weighted by Gasteiger charge is 2.58. The molecule has 0 unspecified atom stereocenters. The summed E-state index contributed by atoms with van der Waals surface area (Å²) in [7, 11) is 0. The first-order valence-electron chi connectivity index (χ1n) is 5.04. The van der Waals surface area contributed by atoms with Crippen LogP contribution in [-0.2, 0) is 9.47 Å². The van der Waals surface area contributed by atoms with E-state index in [2.05, 4.69) is 0 Å². The van der Waals surface area contributed by atoms with Crippen LogP contribution in [0, 0.1) is 5.92 Å². The van der Waals surface area contributed by atoms with Crippen LogP contribution in [0.15, 0.2) is 42.7 Å². The zero-order valence-corrected chi connectivity index (χ0v) is 8.17. The van der Waals surface area contributed by atoms with Gasteiger partial charge in [-0.1, -0.05) is 30.3 Å². The molecule has 0 amide bonds. The lowest BCUT2D eigenvalue weighted by Crippen LogP contribution is -2.55. The highest BCUT2D eigenvalue weighted by molar-refractivity contribution is 5.25. The average molecular weight is 204 g/mol. The van der Waals surface area contributed by atoms with Crippen LogP contribution in [0.25, 0.3) is 0 Å². The maximum atomic E-state index is 9.22. The first kappa shape index (κ1) is 8.95. The van der Waals surface area contributed by atoms with Crippen molar-refractivity contribution in [2.75, 3.05) is 6.61 Å². The number of ether oxygens (including phenoxy) is 2. The second-order valence-electron chi connectivity index (χ2n) is 3.89. The monoisotopic (exact) mass is 204 g/mol. The van der Waals surface area contributed by atoms with Gasteiger partial charge in [0.25, 0.3) is 0 Å². The lowest BCUT2D eigenvalue weighted by Gasteiger charge is -2.48. The van der Waals surface area contributed by atoms with Gasteiger partial charge in [0.2, 0.25) is 5.79 Å². The Morgan fingerprint density at radius 2 is 2.07 bits per heavy atom. The largest absolute Gasteiger partial charge is 0.467 e. The van der Waals surface area contributed by atoms with E-state index in [1.165, 1.54) is 0 Å². The Labute approximate surface area is 87.9 Å². The molecule has 1 N–H and O–H groups in total. The summed E-state index contributed by atoms with van der Waals surface area (Å²) in [6.45, 7) is -0.103. The molecule has 2 heterocycles. The van der Waals surface area contributed by atoms with Gasteiger partial charge in [-0.15, -0.1) is 0 Å². The lowest BCUT2D eigenvalue weighted by atomic mass is 9.83. The maximum absolute atomic E-state index is 9.22. The molecule has 0 aliphatic carbocycles. The molecular formula is C12H12O3. The molecule has 0 saturated carbocycles. The predicted octanol–water partition coefficient (Wildman–Crippen LogP) is 1.61. The molecule has 2 aliphatic rings. The Hall–Kier alpha value is -1.32. The third-order valence-corrected chi connectivity index (χ3v) is 3.06. The molecule has 78 valence electrons. The number of aliphatic hydroxyl groups excluding tert-OH is 1. The first-order chi connectivity index (χ1) is 7.36. The second-order valence-corrected chi connectivity index (χ2v) is 3.89. The summed E-state index contributed by atoms with van der Waals surface area (Å²) in [6, 6.07) is 9.99. The van der Waals surface area contributed by atoms with Gasteiger partial charge >= 0.3 is 0 Å². The molecule has 15 heavy (non-hydrogen) atoms. The lowest BCUT2D eigenvalue weighted by molar-refractivity contribution is -0.356. The number of aliphatic hydroxyl groups is 1. The quantitative estimate of drug-likeness (QED) is 0.795. The molecule has 0 radical (unpaired) electrons. The van der Waals surface area contributed by atoms with Crippen LogP contribution in [0.4, 0.5) is 0 Å². The fourth-order valence-electron chi connectivity index (χ4n) is 2.22. The van der Waals surface area contributed by atoms with Crippen molar-refractivity contribution >= 4 is 0 Å². The predicted molar refractivity (Wildman–Crippen MR) is 53.8 cm³/mol. The standard InChI is InChI=1S/C12H12O3/c13-8-12-10(6-7-14-12)11(15-12)9-4-2-1-3-5-9/h1-7,10-11,13H,8H2/t10-,11+,12+/m1/s1. The van der Waals surface area contributed by atoms with Gasteiger partial charge in [0, 0.05) is 0 Å². The minimum Gasteiger partial charge on any atom is -0.467 e. The van der Waals surface area contributed by atoms with E-state index in [1.54, 1.807) is 6.26 Å². The van der Waals surface area contributed by atoms with E-state index in [1.807, 2.05) is 36.4 Å². The molecule has 3 atom stereocenters. The van der Waals surface area contributed by atoms with Crippen LogP contribution < -0.4 is 0 Å². The minimum atomic E-state index is -0.805. The summed E-state index contributed by atoms with van der Waals surface area (Å²) in [6.07, 6.45) is 3.58. The summed E-state index contributed by atoms with van der Waals surface area (Å²) in [5.74, 6) is -0.676. The summed E-state index contributed by atoms with van der Waals surface area (Å²) < 4.78 is 10.9. The zero-order chi connectivity index (χ0) is 10.3. The van der Waals surface area contributed by atoms with Gasteiger partial charge < -0.3 is 14.6 Å². The SMILES string of the molecule is OC[C@@]12OC=C[C@@H]1[C@H](c1ccccc1)O2. The van der Waals surface area contributed by atoms with E-state index in [0.29, 0.717) is 0 Å². The van der Waals surface area contributed by atoms with Crippen molar-refractivity contribution < 1.29 is 14.6 Å². The molecule has 1 aromatic rings. The van der Waals surface area contributed by atoms with Crippen LogP contribution >= 0.6 is 0 Å². The molecule has 0 spiro atoms. The summed E-state index contributed by atoms with van der Waals surface area (Å²) in [4.78, 5) is 0. The minimum absolute atomic E-state index is 0.0112. The third kappa shape index (κ3) is 1.14. The molecule has 1 saturated heterocycles. The van der Waals surface area contributed by atoms with Gasteiger partial charge in [-0.2, -0.15) is 0 Å². The van der Waals surface area contributed by atoms with E-state index >= 15 is 0 Å². The van der Waals surface area contributed by atoms with Gasteiger partial charge in [0.05, 0.1) is 18.3 Å². The van der Waals surface area contributed by atoms with Crippen molar-refractivity contribution in [3.05, 3.63) is 48.2 Å². The van der Waals surface area contributed by atoms with Gasteiger partial charge in [0.1, 0.15) is 6.61 Å². The van der Waals surface area contributed by atoms with Gasteiger partial charge in [0.15, 0.2) is 0 Å². The average Bonchev–Trinajstić information content (AvgIpc) is 2.59. The number of benzene rings is 1. The molecule has 1 fully saturated rings. The molecule has 0 aromatic heterocycles. The van der Waals surface area contributed by atoms with E-state index in [4.69, 9.17) is 9.47 Å². The summed E-state index contributed by atoms with van der Waals surface area (Å²) in [5, 5.41) is 9.22. The van der Waals surface area contributed by atoms with Gasteiger partial charge in [-0.05, 0) is 11.6 Å². The smallest absolute Gasteiger partial charge is 0.242 e. The van der Waals surface area contributed by atoms with E-state index in [-0.39, 0.29) is 18.6 Å². The van der Waals surface area contributed by atoms with Crippen molar-refractivity contribution in [2.24, 2.45) is 5.92 Å². The zero-order valence-electron chi connectivity index (χ0n) is 8.17. The summed E-state index contributed by atoms with van der Waals surface area (Å²) >= 11 is 0. The second kappa shape index (κ2) is 3.08. The highest BCUT2D eigenvalue weighted by Crippen LogP contribution is 2.52. The molecule has 3 heteroatoms. The Kier molecular flexibility index (Phi) is 1.84. The first-order valence-corrected chi connectivity index (χ1v) is 5.04. The fraction of sp³-hybridized carbons (Fsp3) is 0.333. The highest BCUT2D eigenvalue weighted by atomic mass is 16.7. The normalized spacial score (nSPS) is 36.9. The number of hydrogen-bond donors (Lipinski definition) is 1. The van der Waals surface area contributed by atoms with Crippen molar-refractivity contribution in [1.29, 1.82) is 0 Å². The molecular weight excluding hydrogens is 192 g/mol. The fourth-order valence-corrected chi connectivity index (χ4v) is 2.22. The Morgan fingerprint density at radius 3 is 2.80 bits per heavy atom. The van der Waals surface area contributed by atoms with Crippen LogP contribution in [0.5, 0.6) is 0 Å². The van der Waals surface area contributed by atoms with Crippen molar-refractivity contribution in [3.63, 3.8) is 0 Å². The number of rotatable bonds is 2. The Morgan fingerprint density at radius 1 is 1.27 bits per heavy atom. The van der Waals surface area contributed by atoms with Gasteiger partial charge in [-0.3, -0.25) is 0 Å². The Bertz CT molecular complexity index is 387. The molecule has 0 bridgehead atoms. The summed E-state index contributed by atoms with van der Waals surface area (Å²) in [5.41, 5.74) is 1.13. The van der Waals surface area contributed by atoms with Crippen LogP contribution in [-0.4, -0.2) is 17.5 Å². The number of fused-ring (bicyclic) bond motifs is 1. The molecule has 3 nitrogen and oxygen atoms in total. The van der Waals surface area contributed by atoms with Crippen LogP contribution in [0.3, 0.4) is 0 Å². The van der Waals surface area contributed by atoms with Crippen LogP contribution in [0.1, 0.15) is 11.7 Å². The number of hydrogen-bond acceptors (Lipinski definition) is 3. The molecule has 1 aromatic carbocycles. The van der Waals surface area contributed by atoms with Crippen LogP contribution in [0.2, 0.25) is 0 Å². The van der Waals surface area contributed by atoms with Crippen molar-refractivity contribution in [3.8, 4) is 0 Å². The topological polar surface area (TPSA) is 38.7 Å². The van der Waals surface area contributed by atoms with E-state index < -0.39 is 5.79 Å².